The van der Waals surface area contributed by atoms with Crippen LogP contribution in [-0.2, 0) is 23.0 Å². The van der Waals surface area contributed by atoms with Gasteiger partial charge in [-0.15, -0.1) is 0 Å². The molecule has 1 fully saturated rings. The van der Waals surface area contributed by atoms with E-state index in [9.17, 15) is 0 Å². The summed E-state index contributed by atoms with van der Waals surface area (Å²) in [7, 11) is 0. The number of halogens is 1. The van der Waals surface area contributed by atoms with E-state index in [1.54, 1.807) is 0 Å². The van der Waals surface area contributed by atoms with Crippen LogP contribution in [0.2, 0.25) is 4.51 Å². The Kier molecular flexibility index (Phi) is 3.22. The minimum atomic E-state index is 0.514. The summed E-state index contributed by atoms with van der Waals surface area (Å²) in [6, 6.07) is 0. The summed E-state index contributed by atoms with van der Waals surface area (Å²) in [5, 5.41) is 0. The molecule has 1 saturated heterocycles. The molecule has 1 rings (SSSR count). The van der Waals surface area contributed by atoms with Crippen molar-refractivity contribution >= 4 is 22.6 Å². The number of alkyl halides is 1. The Balaban J connectivity index is 2.23. The standard InChI is InChI=1S/C5H8IO.Zn/c6-5-3-1-2-4-7-5;/h1,5H,2-4H2;. The van der Waals surface area contributed by atoms with E-state index in [4.69, 9.17) is 4.74 Å². The summed E-state index contributed by atoms with van der Waals surface area (Å²) in [5.74, 6) is 0. The van der Waals surface area contributed by atoms with E-state index in [0.29, 0.717) is 4.11 Å². The molecule has 1 aliphatic rings. The van der Waals surface area contributed by atoms with Crippen molar-refractivity contribution in [3.8, 4) is 0 Å². The van der Waals surface area contributed by atoms with Crippen LogP contribution in [0.5, 0.6) is 0 Å². The van der Waals surface area contributed by atoms with Crippen LogP contribution in [0.15, 0.2) is 0 Å². The van der Waals surface area contributed by atoms with Gasteiger partial charge in [-0.2, -0.15) is 0 Å². The Morgan fingerprint density at radius 1 is 1.62 bits per heavy atom. The van der Waals surface area contributed by atoms with E-state index in [2.05, 4.69) is 22.6 Å². The molecule has 43 valence electrons. The molecule has 2 unspecified atom stereocenters. The molecule has 0 saturated carbocycles. The van der Waals surface area contributed by atoms with Gasteiger partial charge in [0.1, 0.15) is 0 Å². The van der Waals surface area contributed by atoms with Gasteiger partial charge in [-0.1, -0.05) is 0 Å². The SMILES string of the molecule is [Zn][CH]1CCOC(I)C1. The van der Waals surface area contributed by atoms with Gasteiger partial charge in [0.2, 0.25) is 0 Å². The fourth-order valence-electron chi connectivity index (χ4n) is 0.811. The van der Waals surface area contributed by atoms with Crippen LogP contribution in [0.1, 0.15) is 12.8 Å². The summed E-state index contributed by atoms with van der Waals surface area (Å²) < 4.78 is 6.87. The summed E-state index contributed by atoms with van der Waals surface area (Å²) >= 11 is 3.82. The van der Waals surface area contributed by atoms with E-state index in [1.165, 1.54) is 31.1 Å². The van der Waals surface area contributed by atoms with Gasteiger partial charge in [-0.05, 0) is 0 Å². The van der Waals surface area contributed by atoms with E-state index in [0.717, 1.165) is 11.1 Å². The Morgan fingerprint density at radius 3 is 2.75 bits per heavy atom. The molecular formula is C5H8IOZn. The molecule has 0 bridgehead atoms. The van der Waals surface area contributed by atoms with Crippen molar-refractivity contribution < 1.29 is 23.0 Å². The molecule has 0 radical (unpaired) electrons. The molecule has 0 N–H and O–H groups in total. The number of ether oxygens (including phenoxy) is 1. The Hall–Kier alpha value is 1.31. The van der Waals surface area contributed by atoms with Crippen molar-refractivity contribution in [2.45, 2.75) is 21.5 Å². The van der Waals surface area contributed by atoms with Crippen LogP contribution >= 0.6 is 22.6 Å². The van der Waals surface area contributed by atoms with Gasteiger partial charge in [-0.25, -0.2) is 0 Å². The van der Waals surface area contributed by atoms with E-state index in [-0.39, 0.29) is 0 Å². The van der Waals surface area contributed by atoms with E-state index in [1.807, 2.05) is 0 Å². The van der Waals surface area contributed by atoms with Crippen LogP contribution in [0.4, 0.5) is 0 Å². The maximum absolute atomic E-state index is 5.35. The molecule has 0 aromatic rings. The molecule has 2 atom stereocenters. The zero-order valence-electron chi connectivity index (χ0n) is 4.77. The first kappa shape index (κ1) is 7.42. The zero-order valence-corrected chi connectivity index (χ0v) is 9.89. The first-order valence-corrected chi connectivity index (χ1v) is 5.83. The third kappa shape index (κ3) is 2.28. The van der Waals surface area contributed by atoms with Gasteiger partial charge >= 0.3 is 73.7 Å². The maximum atomic E-state index is 5.35. The molecule has 1 aliphatic heterocycles. The van der Waals surface area contributed by atoms with Crippen molar-refractivity contribution in [3.63, 3.8) is 0 Å². The minimum absolute atomic E-state index is 0.514. The summed E-state index contributed by atoms with van der Waals surface area (Å²) in [5.41, 5.74) is 0. The second-order valence-electron chi connectivity index (χ2n) is 2.17. The number of hydrogen-bond acceptors (Lipinski definition) is 1. The van der Waals surface area contributed by atoms with Crippen LogP contribution in [0.3, 0.4) is 0 Å². The third-order valence-corrected chi connectivity index (χ3v) is 3.77. The quantitative estimate of drug-likeness (QED) is 0.373. The van der Waals surface area contributed by atoms with Crippen LogP contribution in [0, 0.1) is 0 Å². The van der Waals surface area contributed by atoms with Gasteiger partial charge in [0.05, 0.1) is 0 Å². The second-order valence-corrected chi connectivity index (χ2v) is 5.98. The molecule has 0 spiro atoms. The fraction of sp³-hybridized carbons (Fsp3) is 1.00. The first-order valence-electron chi connectivity index (χ1n) is 2.88. The average Bonchev–Trinajstić information content (AvgIpc) is 1.64. The third-order valence-electron chi connectivity index (χ3n) is 1.34. The molecule has 3 heteroatoms. The number of rotatable bonds is 0. The fourth-order valence-corrected chi connectivity index (χ4v) is 4.19. The molecule has 0 aromatic heterocycles. The van der Waals surface area contributed by atoms with Crippen LogP contribution in [0.25, 0.3) is 0 Å². The molecule has 1 heterocycles. The van der Waals surface area contributed by atoms with Crippen LogP contribution in [-0.4, -0.2) is 10.7 Å². The monoisotopic (exact) mass is 275 g/mol. The van der Waals surface area contributed by atoms with Crippen molar-refractivity contribution in [1.82, 2.24) is 0 Å². The zero-order chi connectivity index (χ0) is 5.98. The van der Waals surface area contributed by atoms with Gasteiger partial charge in [0.15, 0.2) is 0 Å². The molecular weight excluding hydrogens is 268 g/mol. The Labute approximate surface area is 73.4 Å². The molecule has 0 aliphatic carbocycles. The van der Waals surface area contributed by atoms with E-state index >= 15 is 0 Å². The van der Waals surface area contributed by atoms with Crippen molar-refractivity contribution in [2.24, 2.45) is 0 Å². The average molecular weight is 276 g/mol. The summed E-state index contributed by atoms with van der Waals surface area (Å²) in [4.78, 5) is 0. The predicted octanol–water partition coefficient (Wildman–Crippen LogP) is 1.89. The van der Waals surface area contributed by atoms with Crippen molar-refractivity contribution in [1.29, 1.82) is 0 Å². The predicted molar refractivity (Wildman–Crippen MR) is 36.7 cm³/mol. The van der Waals surface area contributed by atoms with Crippen molar-refractivity contribution in [3.05, 3.63) is 0 Å². The molecule has 8 heavy (non-hydrogen) atoms. The van der Waals surface area contributed by atoms with E-state index < -0.39 is 0 Å². The second kappa shape index (κ2) is 3.47. The Morgan fingerprint density at radius 2 is 2.38 bits per heavy atom. The molecule has 0 amide bonds. The van der Waals surface area contributed by atoms with Gasteiger partial charge < -0.3 is 0 Å². The molecule has 0 aromatic carbocycles. The topological polar surface area (TPSA) is 9.23 Å². The summed E-state index contributed by atoms with van der Waals surface area (Å²) in [6.07, 6.45) is 2.60. The Bertz CT molecular complexity index is 70.8. The normalized spacial score (nSPS) is 39.9. The van der Waals surface area contributed by atoms with Gasteiger partial charge in [0.25, 0.3) is 0 Å². The van der Waals surface area contributed by atoms with Crippen LogP contribution < -0.4 is 0 Å². The first-order chi connectivity index (χ1) is 3.79. The van der Waals surface area contributed by atoms with Crippen molar-refractivity contribution in [2.75, 3.05) is 6.61 Å². The summed E-state index contributed by atoms with van der Waals surface area (Å²) in [6.45, 7) is 0.998. The van der Waals surface area contributed by atoms with Gasteiger partial charge in [-0.3, -0.25) is 0 Å². The molecule has 1 nitrogen and oxygen atoms in total. The van der Waals surface area contributed by atoms with Gasteiger partial charge in [0, 0.05) is 0 Å². The number of hydrogen-bond donors (Lipinski definition) is 0.